The summed E-state index contributed by atoms with van der Waals surface area (Å²) in [7, 11) is 0. The molecule has 8 heteroatoms. The normalized spacial score (nSPS) is 24.5. The number of Topliss-reactive ketones (excluding diaryl/α,β-unsaturated/α-hetero) is 1. The van der Waals surface area contributed by atoms with E-state index in [1.165, 1.54) is 23.1 Å². The smallest absolute Gasteiger partial charge is 0.238 e. The Morgan fingerprint density at radius 3 is 2.32 bits per heavy atom. The number of carbonyl (C=O) groups excluding carboxylic acids is 5. The van der Waals surface area contributed by atoms with Gasteiger partial charge in [0.15, 0.2) is 17.3 Å². The number of benzene rings is 3. The number of rotatable bonds is 4. The highest BCUT2D eigenvalue weighted by Crippen LogP contribution is 2.56. The van der Waals surface area contributed by atoms with Gasteiger partial charge >= 0.3 is 0 Å². The van der Waals surface area contributed by atoms with Crippen LogP contribution in [-0.4, -0.2) is 34.3 Å². The first kappa shape index (κ1) is 27.9. The molecule has 218 valence electrons. The minimum absolute atomic E-state index is 0.0806. The van der Waals surface area contributed by atoms with Crippen LogP contribution in [0.25, 0.3) is 0 Å². The number of hydrogen-bond acceptors (Lipinski definition) is 6. The van der Waals surface area contributed by atoms with Gasteiger partial charge in [0.25, 0.3) is 0 Å². The average Bonchev–Trinajstić information content (AvgIpc) is 3.29. The molecule has 0 spiro atoms. The lowest BCUT2D eigenvalue weighted by Gasteiger charge is -2.42. The fourth-order valence-electron chi connectivity index (χ4n) is 7.25. The predicted molar refractivity (Wildman–Crippen MR) is 163 cm³/mol. The second-order valence-corrected chi connectivity index (χ2v) is 12.1. The number of nitrogens with zero attached hydrogens (tertiary/aromatic N) is 1. The largest absolute Gasteiger partial charge is 0.508 e. The summed E-state index contributed by atoms with van der Waals surface area (Å²) in [5, 5.41) is 11.3. The van der Waals surface area contributed by atoms with E-state index in [4.69, 9.17) is 11.6 Å². The molecule has 1 fully saturated rings. The van der Waals surface area contributed by atoms with Crippen LogP contribution in [0, 0.1) is 17.8 Å². The number of aromatic hydroxyl groups is 1. The third-order valence-corrected chi connectivity index (χ3v) is 9.52. The van der Waals surface area contributed by atoms with Gasteiger partial charge in [-0.3, -0.25) is 28.9 Å². The fourth-order valence-corrected chi connectivity index (χ4v) is 7.43. The van der Waals surface area contributed by atoms with Crippen molar-refractivity contribution in [1.29, 1.82) is 0 Å². The molecule has 3 aromatic carbocycles. The molecule has 1 saturated heterocycles. The molecule has 0 bridgehead atoms. The zero-order valence-corrected chi connectivity index (χ0v) is 24.4. The first-order chi connectivity index (χ1) is 21.2. The number of ketones is 3. The molecule has 4 unspecified atom stereocenters. The number of fused-ring (bicyclic) bond motifs is 3. The van der Waals surface area contributed by atoms with Gasteiger partial charge in [0, 0.05) is 44.4 Å². The average molecular weight is 604 g/mol. The molecule has 0 aromatic heterocycles. The van der Waals surface area contributed by atoms with E-state index in [0.717, 1.165) is 5.57 Å². The first-order valence-corrected chi connectivity index (χ1v) is 14.8. The van der Waals surface area contributed by atoms with Crippen molar-refractivity contribution < 1.29 is 29.1 Å². The second-order valence-electron chi connectivity index (χ2n) is 11.7. The van der Waals surface area contributed by atoms with Gasteiger partial charge in [0.2, 0.25) is 11.8 Å². The summed E-state index contributed by atoms with van der Waals surface area (Å²) in [6.07, 6.45) is 3.60. The molecule has 1 aliphatic heterocycles. The van der Waals surface area contributed by atoms with Crippen LogP contribution >= 0.6 is 11.6 Å². The van der Waals surface area contributed by atoms with Crippen LogP contribution in [0.1, 0.15) is 47.2 Å². The van der Waals surface area contributed by atoms with E-state index in [9.17, 15) is 29.1 Å². The highest BCUT2D eigenvalue weighted by atomic mass is 35.5. The quantitative estimate of drug-likeness (QED) is 0.172. The number of halogens is 1. The third-order valence-electron chi connectivity index (χ3n) is 9.29. The Morgan fingerprint density at radius 2 is 1.59 bits per heavy atom. The lowest BCUT2D eigenvalue weighted by molar-refractivity contribution is -0.123. The summed E-state index contributed by atoms with van der Waals surface area (Å²) in [4.78, 5) is 68.8. The lowest BCUT2D eigenvalue weighted by atomic mass is 9.59. The molecule has 0 saturated carbocycles. The maximum absolute atomic E-state index is 14.1. The Morgan fingerprint density at radius 1 is 0.886 bits per heavy atom. The highest BCUT2D eigenvalue weighted by Gasteiger charge is 2.56. The summed E-state index contributed by atoms with van der Waals surface area (Å²) in [6.45, 7) is 1.59. The number of hydrogen-bond donors (Lipinski definition) is 1. The van der Waals surface area contributed by atoms with E-state index in [1.54, 1.807) is 61.5 Å². The van der Waals surface area contributed by atoms with Gasteiger partial charge in [-0.1, -0.05) is 53.6 Å². The van der Waals surface area contributed by atoms with Gasteiger partial charge in [0.05, 0.1) is 17.5 Å². The molecule has 4 atom stereocenters. The van der Waals surface area contributed by atoms with Crippen molar-refractivity contribution in [1.82, 2.24) is 0 Å². The Hall–Kier alpha value is -4.88. The molecule has 4 aliphatic rings. The summed E-state index contributed by atoms with van der Waals surface area (Å²) >= 11 is 6.33. The minimum Gasteiger partial charge on any atom is -0.508 e. The van der Waals surface area contributed by atoms with E-state index in [2.05, 4.69) is 0 Å². The van der Waals surface area contributed by atoms with Crippen molar-refractivity contribution in [2.45, 2.75) is 25.7 Å². The van der Waals surface area contributed by atoms with Crippen molar-refractivity contribution in [2.24, 2.45) is 17.8 Å². The topological polar surface area (TPSA) is 109 Å². The molecule has 7 nitrogen and oxygen atoms in total. The molecule has 1 N–H and O–H groups in total. The Labute approximate surface area is 258 Å². The zero-order valence-electron chi connectivity index (χ0n) is 23.6. The Kier molecular flexibility index (Phi) is 6.59. The van der Waals surface area contributed by atoms with Crippen LogP contribution in [0.4, 0.5) is 5.69 Å². The van der Waals surface area contributed by atoms with E-state index < -0.39 is 29.6 Å². The van der Waals surface area contributed by atoms with Crippen LogP contribution in [-0.2, 0) is 19.2 Å². The highest BCUT2D eigenvalue weighted by molar-refractivity contribution is 6.30. The number of phenolic OH excluding ortho intramolecular Hbond substituents is 1. The van der Waals surface area contributed by atoms with Crippen LogP contribution < -0.4 is 4.90 Å². The van der Waals surface area contributed by atoms with Crippen LogP contribution in [0.3, 0.4) is 0 Å². The maximum atomic E-state index is 14.1. The van der Waals surface area contributed by atoms with Crippen LogP contribution in [0.2, 0.25) is 5.02 Å². The van der Waals surface area contributed by atoms with Crippen LogP contribution in [0.15, 0.2) is 107 Å². The monoisotopic (exact) mass is 603 g/mol. The molecular formula is C36H26ClNO6. The third kappa shape index (κ3) is 4.22. The zero-order chi connectivity index (χ0) is 30.9. The summed E-state index contributed by atoms with van der Waals surface area (Å²) in [6, 6.07) is 19.8. The van der Waals surface area contributed by atoms with E-state index in [-0.39, 0.29) is 41.8 Å². The SMILES string of the molecule is CC1=CC(=O)C2=C(C1=O)C(c1cc(Cl)ccc1O)C1=CCC3C(=O)N(c4ccc(C(=O)c5ccccc5)cc4)C(=O)C3C1C2. The molecule has 0 radical (unpaired) electrons. The number of carbonyl (C=O) groups is 5. The van der Waals surface area contributed by atoms with Gasteiger partial charge in [-0.05, 0) is 74.2 Å². The van der Waals surface area contributed by atoms with Crippen molar-refractivity contribution in [2.75, 3.05) is 4.90 Å². The summed E-state index contributed by atoms with van der Waals surface area (Å²) < 4.78 is 0. The number of imide groups is 1. The van der Waals surface area contributed by atoms with Gasteiger partial charge in [-0.15, -0.1) is 0 Å². The molecule has 3 aliphatic carbocycles. The summed E-state index contributed by atoms with van der Waals surface area (Å²) in [5.74, 6) is -4.32. The van der Waals surface area contributed by atoms with E-state index in [1.807, 2.05) is 12.1 Å². The molecule has 2 amide bonds. The number of allylic oxidation sites excluding steroid dienone is 6. The molecule has 44 heavy (non-hydrogen) atoms. The summed E-state index contributed by atoms with van der Waals surface area (Å²) in [5.41, 5.74) is 3.33. The Balaban J connectivity index is 1.27. The van der Waals surface area contributed by atoms with Crippen molar-refractivity contribution in [3.8, 4) is 5.75 Å². The van der Waals surface area contributed by atoms with Gasteiger partial charge in [-0.2, -0.15) is 0 Å². The van der Waals surface area contributed by atoms with Gasteiger partial charge < -0.3 is 5.11 Å². The maximum Gasteiger partial charge on any atom is 0.238 e. The standard InChI is InChI=1S/C36H26ClNO6/c1-18-15-29(40)27-17-25-23(30(32(27)33(18)41)26-16-21(37)9-14-28(26)39)12-13-24-31(25)36(44)38(35(24)43)22-10-7-20(8-11-22)34(42)19-5-3-2-4-6-19/h2-12,14-16,24-25,30-31,39H,13,17H2,1H3. The van der Waals surface area contributed by atoms with Crippen molar-refractivity contribution >= 4 is 46.5 Å². The van der Waals surface area contributed by atoms with Gasteiger partial charge in [-0.25, -0.2) is 0 Å². The molecule has 1 heterocycles. The minimum atomic E-state index is -0.788. The van der Waals surface area contributed by atoms with Crippen molar-refractivity contribution in [3.05, 3.63) is 129 Å². The van der Waals surface area contributed by atoms with Gasteiger partial charge in [0.1, 0.15) is 5.75 Å². The molecular weight excluding hydrogens is 578 g/mol. The van der Waals surface area contributed by atoms with E-state index in [0.29, 0.717) is 44.1 Å². The molecule has 3 aromatic rings. The van der Waals surface area contributed by atoms with Crippen LogP contribution in [0.5, 0.6) is 5.75 Å². The fraction of sp³-hybridized carbons (Fsp3) is 0.194. The second kappa shape index (κ2) is 10.4. The Bertz CT molecular complexity index is 1900. The number of phenols is 1. The van der Waals surface area contributed by atoms with Crippen molar-refractivity contribution in [3.63, 3.8) is 0 Å². The lowest BCUT2D eigenvalue weighted by Crippen LogP contribution is -2.39. The number of anilines is 1. The number of amides is 2. The van der Waals surface area contributed by atoms with E-state index >= 15 is 0 Å². The molecule has 7 rings (SSSR count). The predicted octanol–water partition coefficient (Wildman–Crippen LogP) is 5.91. The first-order valence-electron chi connectivity index (χ1n) is 14.4.